The van der Waals surface area contributed by atoms with Crippen molar-refractivity contribution in [2.24, 2.45) is 0 Å². The molecule has 0 aromatic heterocycles. The van der Waals surface area contributed by atoms with E-state index in [1.165, 1.54) is 100 Å². The van der Waals surface area contributed by atoms with E-state index >= 15 is 0 Å². The molecule has 0 fully saturated rings. The third-order valence-corrected chi connectivity index (χ3v) is 17.3. The Labute approximate surface area is 499 Å². The van der Waals surface area contributed by atoms with Crippen LogP contribution in [-0.4, -0.2) is 0 Å². The molecule has 85 heavy (non-hydrogen) atoms. The molecule has 1 aliphatic rings. The predicted molar refractivity (Wildman–Crippen MR) is 358 cm³/mol. The van der Waals surface area contributed by atoms with E-state index in [2.05, 4.69) is 352 Å². The highest BCUT2D eigenvalue weighted by atomic mass is 14.5. The molecule has 15 rings (SSSR count). The molecule has 0 N–H and O–H groups in total. The Morgan fingerprint density at radius 1 is 0.141 bits per heavy atom. The van der Waals surface area contributed by atoms with Gasteiger partial charge in [0.05, 0.1) is 5.41 Å². The highest BCUT2D eigenvalue weighted by Gasteiger charge is 2.48. The summed E-state index contributed by atoms with van der Waals surface area (Å²) in [7, 11) is 0. The minimum Gasteiger partial charge on any atom is -0.0622 e. The Balaban J connectivity index is 1.07. The second-order valence-electron chi connectivity index (χ2n) is 22.3. The number of hydrogen-bond acceptors (Lipinski definition) is 0. The van der Waals surface area contributed by atoms with Crippen molar-refractivity contribution in [2.75, 3.05) is 0 Å². The maximum absolute atomic E-state index is 2.52. The lowest BCUT2D eigenvalue weighted by Crippen LogP contribution is -2.29. The van der Waals surface area contributed by atoms with E-state index in [0.29, 0.717) is 0 Å². The fourth-order valence-corrected chi connectivity index (χ4v) is 13.3. The van der Waals surface area contributed by atoms with Crippen LogP contribution in [0.2, 0.25) is 0 Å². The molecule has 0 nitrogen and oxygen atoms in total. The highest BCUT2D eigenvalue weighted by molar-refractivity contribution is 6.00. The Kier molecular flexibility index (Phi) is 13.3. The van der Waals surface area contributed by atoms with E-state index in [1.807, 2.05) is 0 Å². The molecule has 1 aliphatic carbocycles. The van der Waals surface area contributed by atoms with Gasteiger partial charge in [-0.25, -0.2) is 0 Å². The molecular weight excluding hydrogens is 1020 g/mol. The molecule has 0 unspecified atom stereocenters. The molecule has 0 atom stereocenters. The van der Waals surface area contributed by atoms with Crippen molar-refractivity contribution in [1.29, 1.82) is 0 Å². The first-order chi connectivity index (χ1) is 42.1. The lowest BCUT2D eigenvalue weighted by atomic mass is 9.66. The molecule has 0 saturated carbocycles. The van der Waals surface area contributed by atoms with Crippen LogP contribution in [0.15, 0.2) is 352 Å². The zero-order chi connectivity index (χ0) is 56.5. The van der Waals surface area contributed by atoms with Gasteiger partial charge in [0.2, 0.25) is 0 Å². The normalized spacial score (nSPS) is 12.1. The summed E-state index contributed by atoms with van der Waals surface area (Å²) >= 11 is 0. The SMILES string of the molecule is c1ccc(-c2cccc(-c3cc(-c4cccc(-c5ccccc5)c4)cc(C4(c5cc(-c6cccc(-c7ccccc7)c6)cc(-c6cccc(-c7ccccc7)c6)c5)c5ccccc5-c5c(-c6ccccc6-c6ccccc6)cccc54)c3)c2)cc1. The number of fused-ring (bicyclic) bond motifs is 3. The summed E-state index contributed by atoms with van der Waals surface area (Å²) in [6.45, 7) is 0. The lowest BCUT2D eigenvalue weighted by Gasteiger charge is -2.35. The van der Waals surface area contributed by atoms with Gasteiger partial charge >= 0.3 is 0 Å². The molecule has 398 valence electrons. The fourth-order valence-electron chi connectivity index (χ4n) is 13.3. The predicted octanol–water partition coefficient (Wildman–Crippen LogP) is 22.7. The molecule has 14 aromatic carbocycles. The van der Waals surface area contributed by atoms with E-state index in [0.717, 1.165) is 44.5 Å². The Hall–Kier alpha value is -10.9. The standard InChI is InChI=1S/C85H58/c1-6-25-59(26-7-1)64-35-20-39-68(49-64)72-53-73(69-40-21-36-65(50-69)60-27-8-2-9-28-60)56-76(55-72)85(82-47-19-18-45-81(82)84-80(46-24-48-83(84)85)79-44-17-16-43-78(79)63-33-14-5-15-34-63)77-57-74(70-41-22-37-66(51-70)61-29-10-3-11-30-61)54-75(58-77)71-42-23-38-67(52-71)62-31-12-4-13-32-62/h1-58H. The van der Waals surface area contributed by atoms with Gasteiger partial charge in [0.15, 0.2) is 0 Å². The second kappa shape index (κ2) is 22.1. The van der Waals surface area contributed by atoms with E-state index in [1.54, 1.807) is 0 Å². The van der Waals surface area contributed by atoms with Crippen LogP contribution < -0.4 is 0 Å². The summed E-state index contributed by atoms with van der Waals surface area (Å²) in [6, 6.07) is 131. The van der Waals surface area contributed by atoms with Gasteiger partial charge in [0.1, 0.15) is 0 Å². The van der Waals surface area contributed by atoms with Crippen LogP contribution in [0.1, 0.15) is 22.3 Å². The van der Waals surface area contributed by atoms with E-state index < -0.39 is 5.41 Å². The third kappa shape index (κ3) is 9.51. The van der Waals surface area contributed by atoms with Gasteiger partial charge in [-0.1, -0.05) is 291 Å². The quantitative estimate of drug-likeness (QED) is 0.114. The lowest BCUT2D eigenvalue weighted by molar-refractivity contribution is 0.770. The number of benzene rings is 14. The highest BCUT2D eigenvalue weighted by Crippen LogP contribution is 2.60. The molecule has 0 spiro atoms. The zero-order valence-corrected chi connectivity index (χ0v) is 47.0. The van der Waals surface area contributed by atoms with Crippen molar-refractivity contribution in [2.45, 2.75) is 5.41 Å². The molecule has 0 amide bonds. The van der Waals surface area contributed by atoms with Crippen LogP contribution in [0.25, 0.3) is 122 Å². The van der Waals surface area contributed by atoms with Crippen molar-refractivity contribution in [3.8, 4) is 122 Å². The largest absolute Gasteiger partial charge is 0.0714 e. The molecule has 14 aromatic rings. The molecule has 0 saturated heterocycles. The monoisotopic (exact) mass is 1080 g/mol. The summed E-state index contributed by atoms with van der Waals surface area (Å²) in [5.74, 6) is 0. The first kappa shape index (κ1) is 51.0. The smallest absolute Gasteiger partial charge is 0.0622 e. The summed E-state index contributed by atoms with van der Waals surface area (Å²) < 4.78 is 0. The van der Waals surface area contributed by atoms with Gasteiger partial charge < -0.3 is 0 Å². The molecule has 0 heteroatoms. The molecule has 0 heterocycles. The first-order valence-corrected chi connectivity index (χ1v) is 29.5. The van der Waals surface area contributed by atoms with Crippen molar-refractivity contribution < 1.29 is 0 Å². The van der Waals surface area contributed by atoms with E-state index in [-0.39, 0.29) is 0 Å². The summed E-state index contributed by atoms with van der Waals surface area (Å²) in [5.41, 5.74) is 29.9. The molecular formula is C85H58. The minimum atomic E-state index is -0.860. The Bertz CT molecular complexity index is 4310. The van der Waals surface area contributed by atoms with Crippen molar-refractivity contribution in [3.63, 3.8) is 0 Å². The number of hydrogen-bond donors (Lipinski definition) is 0. The van der Waals surface area contributed by atoms with Gasteiger partial charge in [-0.15, -0.1) is 0 Å². The van der Waals surface area contributed by atoms with Crippen LogP contribution in [-0.2, 0) is 5.41 Å². The summed E-state index contributed by atoms with van der Waals surface area (Å²) in [6.07, 6.45) is 0. The van der Waals surface area contributed by atoms with Crippen molar-refractivity contribution >= 4 is 0 Å². The Morgan fingerprint density at radius 3 is 0.765 bits per heavy atom. The maximum Gasteiger partial charge on any atom is 0.0714 e. The van der Waals surface area contributed by atoms with Crippen LogP contribution in [0.3, 0.4) is 0 Å². The van der Waals surface area contributed by atoms with Crippen LogP contribution in [0, 0.1) is 0 Å². The van der Waals surface area contributed by atoms with E-state index in [9.17, 15) is 0 Å². The van der Waals surface area contributed by atoms with E-state index in [4.69, 9.17) is 0 Å². The van der Waals surface area contributed by atoms with Gasteiger partial charge in [-0.3, -0.25) is 0 Å². The minimum absolute atomic E-state index is 0.860. The average Bonchev–Trinajstić information content (AvgIpc) is 1.59. The molecule has 0 radical (unpaired) electrons. The fraction of sp³-hybridized carbons (Fsp3) is 0.0118. The van der Waals surface area contributed by atoms with Gasteiger partial charge in [-0.2, -0.15) is 0 Å². The van der Waals surface area contributed by atoms with Crippen molar-refractivity contribution in [1.82, 2.24) is 0 Å². The van der Waals surface area contributed by atoms with Gasteiger partial charge in [0, 0.05) is 0 Å². The summed E-state index contributed by atoms with van der Waals surface area (Å²) in [4.78, 5) is 0. The molecule has 0 aliphatic heterocycles. The van der Waals surface area contributed by atoms with Crippen LogP contribution >= 0.6 is 0 Å². The topological polar surface area (TPSA) is 0 Å². The van der Waals surface area contributed by atoms with Crippen molar-refractivity contribution in [3.05, 3.63) is 374 Å². The van der Waals surface area contributed by atoms with Gasteiger partial charge in [-0.05, 0) is 205 Å². The average molecular weight is 1080 g/mol. The molecule has 0 bridgehead atoms. The Morgan fingerprint density at radius 2 is 0.388 bits per heavy atom. The second-order valence-corrected chi connectivity index (χ2v) is 22.3. The van der Waals surface area contributed by atoms with Gasteiger partial charge in [0.25, 0.3) is 0 Å². The number of rotatable bonds is 12. The third-order valence-electron chi connectivity index (χ3n) is 17.3. The zero-order valence-electron chi connectivity index (χ0n) is 47.0. The maximum atomic E-state index is 2.52. The van der Waals surface area contributed by atoms with Crippen LogP contribution in [0.5, 0.6) is 0 Å². The van der Waals surface area contributed by atoms with Crippen LogP contribution in [0.4, 0.5) is 0 Å². The first-order valence-electron chi connectivity index (χ1n) is 29.5. The summed E-state index contributed by atoms with van der Waals surface area (Å²) in [5, 5.41) is 0.